The number of benzene rings is 1. The summed E-state index contributed by atoms with van der Waals surface area (Å²) < 4.78 is 2.27. The molecular weight excluding hydrogens is 216 g/mol. The number of para-hydroxylation sites is 2. The van der Waals surface area contributed by atoms with Crippen molar-refractivity contribution in [3.8, 4) is 0 Å². The fourth-order valence-electron chi connectivity index (χ4n) is 1.82. The second-order valence-electron chi connectivity index (χ2n) is 3.47. The molecule has 0 saturated carbocycles. The first-order valence-corrected chi connectivity index (χ1v) is 6.04. The monoisotopic (exact) mass is 225 g/mol. The van der Waals surface area contributed by atoms with Crippen molar-refractivity contribution in [3.63, 3.8) is 0 Å². The van der Waals surface area contributed by atoms with Gasteiger partial charge in [-0.25, -0.2) is 9.55 Å². The van der Waals surface area contributed by atoms with E-state index in [4.69, 9.17) is 11.6 Å². The molecule has 3 rings (SSSR count). The van der Waals surface area contributed by atoms with Crippen LogP contribution >= 0.6 is 23.4 Å². The molecule has 2 nitrogen and oxygen atoms in total. The van der Waals surface area contributed by atoms with Crippen LogP contribution in [0.2, 0.25) is 0 Å². The summed E-state index contributed by atoms with van der Waals surface area (Å²) in [5.74, 6) is 0.994. The SMILES string of the molecule is ClC1CSc2[nH]c3ccccc3[n+]2C1. The van der Waals surface area contributed by atoms with Gasteiger partial charge in [0.25, 0.3) is 0 Å². The summed E-state index contributed by atoms with van der Waals surface area (Å²) in [6.07, 6.45) is 0. The predicted octanol–water partition coefficient (Wildman–Crippen LogP) is 2.17. The minimum absolute atomic E-state index is 0.247. The molecule has 1 aliphatic rings. The number of nitrogens with zero attached hydrogens (tertiary/aromatic N) is 1. The Hall–Kier alpha value is -0.670. The summed E-state index contributed by atoms with van der Waals surface area (Å²) in [6.45, 7) is 0.911. The molecule has 1 N–H and O–H groups in total. The van der Waals surface area contributed by atoms with Crippen LogP contribution in [0.25, 0.3) is 11.0 Å². The van der Waals surface area contributed by atoms with Gasteiger partial charge in [-0.05, 0) is 23.9 Å². The third-order valence-corrected chi connectivity index (χ3v) is 4.10. The van der Waals surface area contributed by atoms with Crippen LogP contribution in [-0.4, -0.2) is 16.1 Å². The quantitative estimate of drug-likeness (QED) is 0.538. The van der Waals surface area contributed by atoms with E-state index in [1.54, 1.807) is 11.8 Å². The zero-order chi connectivity index (χ0) is 9.54. The average molecular weight is 226 g/mol. The Morgan fingerprint density at radius 1 is 1.43 bits per heavy atom. The summed E-state index contributed by atoms with van der Waals surface area (Å²) in [5.41, 5.74) is 2.45. The number of imidazole rings is 1. The van der Waals surface area contributed by atoms with Crippen molar-refractivity contribution < 1.29 is 4.57 Å². The Balaban J connectivity index is 2.25. The highest BCUT2D eigenvalue weighted by Gasteiger charge is 2.26. The molecule has 2 aromatic rings. The van der Waals surface area contributed by atoms with Crippen LogP contribution in [0, 0.1) is 0 Å². The van der Waals surface area contributed by atoms with E-state index >= 15 is 0 Å². The molecule has 0 spiro atoms. The molecule has 0 aliphatic carbocycles. The number of hydrogen-bond acceptors (Lipinski definition) is 1. The van der Waals surface area contributed by atoms with Crippen LogP contribution in [0.4, 0.5) is 0 Å². The smallest absolute Gasteiger partial charge is 0.231 e. The molecule has 1 aromatic heterocycles. The van der Waals surface area contributed by atoms with E-state index in [0.29, 0.717) is 0 Å². The Morgan fingerprint density at radius 2 is 2.29 bits per heavy atom. The number of halogens is 1. The maximum Gasteiger partial charge on any atom is 0.316 e. The van der Waals surface area contributed by atoms with Gasteiger partial charge >= 0.3 is 5.16 Å². The van der Waals surface area contributed by atoms with E-state index in [1.807, 2.05) is 6.07 Å². The molecule has 1 atom stereocenters. The first-order chi connectivity index (χ1) is 6.84. The number of hydrogen-bond donors (Lipinski definition) is 1. The van der Waals surface area contributed by atoms with Gasteiger partial charge in [-0.1, -0.05) is 12.1 Å². The number of H-pyrrole nitrogens is 1. The Kier molecular flexibility index (Phi) is 1.96. The van der Waals surface area contributed by atoms with Gasteiger partial charge in [-0.15, -0.1) is 11.6 Å². The summed E-state index contributed by atoms with van der Waals surface area (Å²) in [7, 11) is 0. The van der Waals surface area contributed by atoms with Crippen molar-refractivity contribution in [2.24, 2.45) is 0 Å². The van der Waals surface area contributed by atoms with E-state index in [-0.39, 0.29) is 5.38 Å². The molecule has 0 amide bonds. The molecule has 14 heavy (non-hydrogen) atoms. The molecule has 4 heteroatoms. The van der Waals surface area contributed by atoms with Crippen molar-refractivity contribution >= 4 is 34.4 Å². The third kappa shape index (κ3) is 1.23. The first kappa shape index (κ1) is 8.62. The second-order valence-corrected chi connectivity index (χ2v) is 5.09. The Bertz CT molecular complexity index is 480. The standard InChI is InChI=1S/C10H9ClN2S/c11-7-5-13-9-4-2-1-3-8(9)12-10(13)14-6-7/h1-4,7H,5-6H2/p+1. The Labute approximate surface area is 91.3 Å². The van der Waals surface area contributed by atoms with Crippen LogP contribution in [0.3, 0.4) is 0 Å². The summed E-state index contributed by atoms with van der Waals surface area (Å²) >= 11 is 7.94. The lowest BCUT2D eigenvalue weighted by Gasteiger charge is -2.12. The van der Waals surface area contributed by atoms with E-state index in [1.165, 1.54) is 16.2 Å². The van der Waals surface area contributed by atoms with Crippen LogP contribution in [0.1, 0.15) is 0 Å². The number of aromatic nitrogens is 2. The van der Waals surface area contributed by atoms with Crippen LogP contribution in [-0.2, 0) is 6.54 Å². The minimum Gasteiger partial charge on any atom is -0.231 e. The van der Waals surface area contributed by atoms with Gasteiger partial charge in [-0.3, -0.25) is 0 Å². The van der Waals surface area contributed by atoms with Crippen molar-refractivity contribution in [1.29, 1.82) is 0 Å². The van der Waals surface area contributed by atoms with Gasteiger partial charge in [0.2, 0.25) is 0 Å². The Morgan fingerprint density at radius 3 is 3.21 bits per heavy atom. The van der Waals surface area contributed by atoms with Gasteiger partial charge in [0.05, 0.1) is 5.38 Å². The maximum absolute atomic E-state index is 6.15. The third-order valence-electron chi connectivity index (χ3n) is 2.46. The molecule has 0 fully saturated rings. The number of rotatable bonds is 0. The molecule has 1 aromatic carbocycles. The normalized spacial score (nSPS) is 21.1. The topological polar surface area (TPSA) is 19.7 Å². The van der Waals surface area contributed by atoms with E-state index in [0.717, 1.165) is 12.3 Å². The number of alkyl halides is 1. The fourth-order valence-corrected chi connectivity index (χ4v) is 3.10. The van der Waals surface area contributed by atoms with Crippen molar-refractivity contribution in [3.05, 3.63) is 24.3 Å². The zero-order valence-corrected chi connectivity index (χ0v) is 9.11. The lowest BCUT2D eigenvalue weighted by atomic mass is 10.3. The minimum atomic E-state index is 0.247. The molecule has 0 saturated heterocycles. The van der Waals surface area contributed by atoms with Gasteiger partial charge < -0.3 is 0 Å². The highest BCUT2D eigenvalue weighted by atomic mass is 35.5. The zero-order valence-electron chi connectivity index (χ0n) is 7.53. The molecule has 0 bridgehead atoms. The van der Waals surface area contributed by atoms with Gasteiger partial charge in [0.15, 0.2) is 11.0 Å². The highest BCUT2D eigenvalue weighted by Crippen LogP contribution is 2.24. The number of thioether (sulfide) groups is 1. The summed E-state index contributed by atoms with van der Waals surface area (Å²) in [4.78, 5) is 3.40. The summed E-state index contributed by atoms with van der Waals surface area (Å²) in [5, 5.41) is 1.47. The number of aromatic amines is 1. The molecule has 0 radical (unpaired) electrons. The molecule has 2 heterocycles. The number of fused-ring (bicyclic) bond motifs is 3. The van der Waals surface area contributed by atoms with E-state index in [2.05, 4.69) is 27.8 Å². The average Bonchev–Trinajstić information content (AvgIpc) is 2.56. The lowest BCUT2D eigenvalue weighted by molar-refractivity contribution is -0.709. The largest absolute Gasteiger partial charge is 0.316 e. The van der Waals surface area contributed by atoms with Crippen molar-refractivity contribution in [2.45, 2.75) is 17.1 Å². The number of nitrogens with one attached hydrogen (secondary N) is 1. The molecular formula is C10H10ClN2S+. The van der Waals surface area contributed by atoms with Crippen LogP contribution in [0.15, 0.2) is 29.4 Å². The van der Waals surface area contributed by atoms with Gasteiger partial charge in [-0.2, -0.15) is 0 Å². The van der Waals surface area contributed by atoms with E-state index < -0.39 is 0 Å². The fraction of sp³-hybridized carbons (Fsp3) is 0.300. The molecule has 1 unspecified atom stereocenters. The summed E-state index contributed by atoms with van der Waals surface area (Å²) in [6, 6.07) is 8.34. The van der Waals surface area contributed by atoms with Gasteiger partial charge in [0, 0.05) is 5.75 Å². The first-order valence-electron chi connectivity index (χ1n) is 4.62. The lowest BCUT2D eigenvalue weighted by Crippen LogP contribution is -2.43. The predicted molar refractivity (Wildman–Crippen MR) is 58.9 cm³/mol. The maximum atomic E-state index is 6.15. The van der Waals surface area contributed by atoms with Crippen molar-refractivity contribution in [2.75, 3.05) is 5.75 Å². The molecule has 1 aliphatic heterocycles. The van der Waals surface area contributed by atoms with Crippen molar-refractivity contribution in [1.82, 2.24) is 4.98 Å². The molecule has 72 valence electrons. The second kappa shape index (κ2) is 3.17. The van der Waals surface area contributed by atoms with E-state index in [9.17, 15) is 0 Å². The van der Waals surface area contributed by atoms with Gasteiger partial charge in [0.1, 0.15) is 6.54 Å². The van der Waals surface area contributed by atoms with Crippen LogP contribution < -0.4 is 4.57 Å². The van der Waals surface area contributed by atoms with Crippen LogP contribution in [0.5, 0.6) is 0 Å². The highest BCUT2D eigenvalue weighted by molar-refractivity contribution is 7.99.